The van der Waals surface area contributed by atoms with Gasteiger partial charge in [-0.05, 0) is 53.5 Å². The highest BCUT2D eigenvalue weighted by atomic mass is 16.6. The van der Waals surface area contributed by atoms with Gasteiger partial charge >= 0.3 is 12.2 Å². The van der Waals surface area contributed by atoms with Crippen LogP contribution in [0.1, 0.15) is 59.4 Å². The Morgan fingerprint density at radius 1 is 1.09 bits per heavy atom. The molecule has 1 heterocycles. The number of H-pyrrole nitrogens is 1. The molecule has 1 aromatic carbocycles. The zero-order chi connectivity index (χ0) is 23.5. The van der Waals surface area contributed by atoms with Gasteiger partial charge in [-0.15, -0.1) is 0 Å². The van der Waals surface area contributed by atoms with Crippen molar-refractivity contribution in [3.05, 3.63) is 54.4 Å². The lowest BCUT2D eigenvalue weighted by Crippen LogP contribution is -2.55. The molecule has 0 fully saturated rings. The van der Waals surface area contributed by atoms with E-state index in [1.165, 1.54) is 5.01 Å². The number of aromatic amines is 1. The van der Waals surface area contributed by atoms with Crippen LogP contribution in [0.15, 0.2) is 48.8 Å². The number of rotatable bonds is 3. The Balaban J connectivity index is 1.94. The lowest BCUT2D eigenvalue weighted by Gasteiger charge is -2.35. The topological polar surface area (TPSA) is 96.6 Å². The number of imidazole rings is 1. The molecule has 0 radical (unpaired) electrons. The van der Waals surface area contributed by atoms with Crippen molar-refractivity contribution in [1.82, 2.24) is 20.4 Å². The van der Waals surface area contributed by atoms with Crippen molar-refractivity contribution in [1.29, 1.82) is 0 Å². The summed E-state index contributed by atoms with van der Waals surface area (Å²) in [7, 11) is 0. The highest BCUT2D eigenvalue weighted by Gasteiger charge is 2.38. The predicted octanol–water partition coefficient (Wildman–Crippen LogP) is 5.17. The molecular formula is C24H32N4O4. The van der Waals surface area contributed by atoms with Crippen molar-refractivity contribution in [2.75, 3.05) is 0 Å². The standard InChI is InChI=1S/C24H32N4O4/c1-23(2,3)31-21(29)27-28(22(30)32-24(4,5)6)19-13-9-12-17(19)16-10-7-8-11-18(16)20-25-14-15-26-20/h7-12,14-15,17,19H,13H2,1-6H3,(H,25,26)(H,27,29)/t17-,19+/m0/s1. The lowest BCUT2D eigenvalue weighted by molar-refractivity contribution is -0.00997. The second-order valence-electron chi connectivity index (χ2n) is 9.75. The molecule has 32 heavy (non-hydrogen) atoms. The Kier molecular flexibility index (Phi) is 6.62. The number of ether oxygens (including phenoxy) is 2. The maximum absolute atomic E-state index is 13.1. The quantitative estimate of drug-likeness (QED) is 0.507. The molecule has 0 spiro atoms. The molecule has 172 valence electrons. The van der Waals surface area contributed by atoms with Crippen LogP contribution in [0, 0.1) is 0 Å². The molecule has 2 amide bonds. The van der Waals surface area contributed by atoms with E-state index in [9.17, 15) is 9.59 Å². The summed E-state index contributed by atoms with van der Waals surface area (Å²) in [6, 6.07) is 7.49. The van der Waals surface area contributed by atoms with Crippen molar-refractivity contribution < 1.29 is 19.1 Å². The van der Waals surface area contributed by atoms with Crippen LogP contribution >= 0.6 is 0 Å². The lowest BCUT2D eigenvalue weighted by atomic mass is 9.90. The molecule has 1 aromatic heterocycles. The normalized spacial score (nSPS) is 18.3. The molecule has 8 nitrogen and oxygen atoms in total. The van der Waals surface area contributed by atoms with Crippen molar-refractivity contribution in [3.8, 4) is 11.4 Å². The summed E-state index contributed by atoms with van der Waals surface area (Å²) in [5, 5.41) is 1.25. The van der Waals surface area contributed by atoms with Crippen LogP contribution in [-0.2, 0) is 9.47 Å². The molecule has 0 bridgehead atoms. The highest BCUT2D eigenvalue weighted by molar-refractivity contribution is 5.75. The number of aromatic nitrogens is 2. The van der Waals surface area contributed by atoms with Crippen LogP contribution in [0.5, 0.6) is 0 Å². The average Bonchev–Trinajstić information content (AvgIpc) is 3.35. The smallest absolute Gasteiger partial charge is 0.429 e. The number of benzene rings is 1. The summed E-state index contributed by atoms with van der Waals surface area (Å²) in [6.07, 6.45) is 6.71. The minimum absolute atomic E-state index is 0.182. The van der Waals surface area contributed by atoms with E-state index in [0.29, 0.717) is 6.42 Å². The van der Waals surface area contributed by atoms with Crippen LogP contribution in [0.3, 0.4) is 0 Å². The van der Waals surface area contributed by atoms with Gasteiger partial charge in [0.05, 0.1) is 6.04 Å². The van der Waals surface area contributed by atoms with E-state index in [1.54, 1.807) is 53.9 Å². The highest BCUT2D eigenvalue weighted by Crippen LogP contribution is 2.37. The van der Waals surface area contributed by atoms with Crippen LogP contribution in [-0.4, -0.2) is 44.4 Å². The Labute approximate surface area is 189 Å². The Bertz CT molecular complexity index is 971. The summed E-state index contributed by atoms with van der Waals surface area (Å²) >= 11 is 0. The van der Waals surface area contributed by atoms with Gasteiger partial charge < -0.3 is 14.5 Å². The summed E-state index contributed by atoms with van der Waals surface area (Å²) in [5.41, 5.74) is 3.11. The fraction of sp³-hybridized carbons (Fsp3) is 0.458. The van der Waals surface area contributed by atoms with Crippen molar-refractivity contribution in [2.24, 2.45) is 0 Å². The molecular weight excluding hydrogens is 408 g/mol. The number of amides is 2. The second-order valence-corrected chi connectivity index (χ2v) is 9.75. The summed E-state index contributed by atoms with van der Waals surface area (Å²) < 4.78 is 11.0. The number of nitrogens with one attached hydrogen (secondary N) is 2. The first kappa shape index (κ1) is 23.4. The minimum atomic E-state index is -0.724. The van der Waals surface area contributed by atoms with Crippen LogP contribution in [0.25, 0.3) is 11.4 Å². The number of hydrogen-bond acceptors (Lipinski definition) is 5. The van der Waals surface area contributed by atoms with E-state index < -0.39 is 29.4 Å². The van der Waals surface area contributed by atoms with Gasteiger partial charge in [0.15, 0.2) is 0 Å². The molecule has 2 aromatic rings. The van der Waals surface area contributed by atoms with Gasteiger partial charge in [-0.1, -0.05) is 36.4 Å². The van der Waals surface area contributed by atoms with E-state index >= 15 is 0 Å². The van der Waals surface area contributed by atoms with Gasteiger partial charge in [0.1, 0.15) is 17.0 Å². The van der Waals surface area contributed by atoms with Crippen molar-refractivity contribution in [2.45, 2.75) is 71.1 Å². The zero-order valence-electron chi connectivity index (χ0n) is 19.5. The molecule has 0 aliphatic heterocycles. The van der Waals surface area contributed by atoms with Gasteiger partial charge in [-0.25, -0.2) is 25.0 Å². The Hall–Kier alpha value is -3.29. The van der Waals surface area contributed by atoms with Crippen LogP contribution in [0.4, 0.5) is 9.59 Å². The number of carbonyl (C=O) groups excluding carboxylic acids is 2. The summed E-state index contributed by atoms with van der Waals surface area (Å²) in [4.78, 5) is 33.2. The minimum Gasteiger partial charge on any atom is -0.443 e. The number of nitrogens with zero attached hydrogens (tertiary/aromatic N) is 2. The van der Waals surface area contributed by atoms with Crippen molar-refractivity contribution in [3.63, 3.8) is 0 Å². The van der Waals surface area contributed by atoms with Gasteiger partial charge in [0.25, 0.3) is 0 Å². The fourth-order valence-electron chi connectivity index (χ4n) is 3.61. The molecule has 0 saturated carbocycles. The molecule has 0 saturated heterocycles. The predicted molar refractivity (Wildman–Crippen MR) is 122 cm³/mol. The third-order valence-corrected chi connectivity index (χ3v) is 4.74. The molecule has 2 N–H and O–H groups in total. The average molecular weight is 441 g/mol. The molecule has 3 rings (SSSR count). The number of hydrazine groups is 1. The van der Waals surface area contributed by atoms with Crippen LogP contribution < -0.4 is 5.43 Å². The Morgan fingerprint density at radius 3 is 2.41 bits per heavy atom. The van der Waals surface area contributed by atoms with Gasteiger partial charge in [0, 0.05) is 23.9 Å². The molecule has 1 aliphatic rings. The first-order chi connectivity index (χ1) is 14.9. The van der Waals surface area contributed by atoms with Gasteiger partial charge in [-0.2, -0.15) is 0 Å². The SMILES string of the molecule is CC(C)(C)OC(=O)NN(C(=O)OC(C)(C)C)[C@@H]1CC=C[C@H]1c1ccccc1-c1ncc[nH]1. The molecule has 1 aliphatic carbocycles. The number of carbonyl (C=O) groups is 2. The first-order valence-electron chi connectivity index (χ1n) is 10.7. The van der Waals surface area contributed by atoms with Gasteiger partial charge in [0.2, 0.25) is 0 Å². The summed E-state index contributed by atoms with van der Waals surface area (Å²) in [6.45, 7) is 10.7. The molecule has 8 heteroatoms. The number of hydrogen-bond donors (Lipinski definition) is 2. The third kappa shape index (κ3) is 5.90. The molecule has 2 atom stereocenters. The fourth-order valence-corrected chi connectivity index (χ4v) is 3.61. The van der Waals surface area contributed by atoms with E-state index in [-0.39, 0.29) is 5.92 Å². The largest absolute Gasteiger partial charge is 0.443 e. The molecule has 0 unspecified atom stereocenters. The monoisotopic (exact) mass is 440 g/mol. The van der Waals surface area contributed by atoms with E-state index in [0.717, 1.165) is 17.0 Å². The second kappa shape index (κ2) is 9.06. The van der Waals surface area contributed by atoms with Crippen molar-refractivity contribution >= 4 is 12.2 Å². The summed E-state index contributed by atoms with van der Waals surface area (Å²) in [5.74, 6) is 0.558. The van der Waals surface area contributed by atoms with Gasteiger partial charge in [-0.3, -0.25) is 0 Å². The maximum atomic E-state index is 13.1. The van der Waals surface area contributed by atoms with E-state index in [4.69, 9.17) is 9.47 Å². The third-order valence-electron chi connectivity index (χ3n) is 4.74. The van der Waals surface area contributed by atoms with E-state index in [2.05, 4.69) is 15.4 Å². The maximum Gasteiger partial charge on any atom is 0.429 e. The first-order valence-corrected chi connectivity index (χ1v) is 10.7. The Morgan fingerprint density at radius 2 is 1.78 bits per heavy atom. The van der Waals surface area contributed by atoms with Crippen LogP contribution in [0.2, 0.25) is 0 Å². The zero-order valence-corrected chi connectivity index (χ0v) is 19.5. The van der Waals surface area contributed by atoms with E-state index in [1.807, 2.05) is 36.4 Å².